The van der Waals surface area contributed by atoms with Crippen LogP contribution in [-0.2, 0) is 32.0 Å². The van der Waals surface area contributed by atoms with Crippen molar-refractivity contribution in [1.82, 2.24) is 10.6 Å². The quantitative estimate of drug-likeness (QED) is 0.549. The van der Waals surface area contributed by atoms with Crippen LogP contribution in [0.2, 0.25) is 0 Å². The Morgan fingerprint density at radius 2 is 1.36 bits per heavy atom. The average molecular weight is 383 g/mol. The van der Waals surface area contributed by atoms with Gasteiger partial charge in [0, 0.05) is 12.8 Å². The summed E-state index contributed by atoms with van der Waals surface area (Å²) < 4.78 is 4.82. The average Bonchev–Trinajstić information content (AvgIpc) is 2.73. The van der Waals surface area contributed by atoms with Gasteiger partial charge in [-0.3, -0.25) is 9.59 Å². The second kappa shape index (κ2) is 10.8. The molecule has 0 saturated heterocycles. The van der Waals surface area contributed by atoms with E-state index in [1.807, 2.05) is 60.7 Å². The molecule has 2 rings (SSSR count). The Balaban J connectivity index is 2.14. The summed E-state index contributed by atoms with van der Waals surface area (Å²) in [5.74, 6) is -1.48. The van der Waals surface area contributed by atoms with Crippen LogP contribution in [0.5, 0.6) is 0 Å². The van der Waals surface area contributed by atoms with E-state index in [9.17, 15) is 14.4 Å². The Labute approximate surface area is 164 Å². The minimum absolute atomic E-state index is 0.233. The minimum atomic E-state index is -0.868. The van der Waals surface area contributed by atoms with Crippen LogP contribution >= 0.6 is 0 Å². The molecule has 0 aliphatic heterocycles. The summed E-state index contributed by atoms with van der Waals surface area (Å²) in [6, 6.07) is 16.8. The standard InChI is InChI=1S/C21H25N3O4/c1-28-21(27)18(13-16-10-6-3-7-11-16)24-20(26)17(23-19(25)14-22)12-15-8-4-2-5-9-15/h2-11,17-18H,12-14,22H2,1H3,(H,23,25)(H,24,26)/t17-,18-/m0/s1. The van der Waals surface area contributed by atoms with Gasteiger partial charge >= 0.3 is 5.97 Å². The van der Waals surface area contributed by atoms with E-state index in [1.54, 1.807) is 0 Å². The number of nitrogens with one attached hydrogen (secondary N) is 2. The molecule has 0 heterocycles. The van der Waals surface area contributed by atoms with Crippen molar-refractivity contribution in [2.75, 3.05) is 13.7 Å². The van der Waals surface area contributed by atoms with E-state index in [0.29, 0.717) is 0 Å². The highest BCUT2D eigenvalue weighted by Crippen LogP contribution is 2.07. The molecular formula is C21H25N3O4. The third-order valence-corrected chi connectivity index (χ3v) is 4.20. The highest BCUT2D eigenvalue weighted by atomic mass is 16.5. The summed E-state index contributed by atoms with van der Waals surface area (Å²) >= 11 is 0. The molecule has 4 N–H and O–H groups in total. The molecule has 2 amide bonds. The summed E-state index contributed by atoms with van der Waals surface area (Å²) in [7, 11) is 1.27. The van der Waals surface area contributed by atoms with Gasteiger partial charge in [-0.25, -0.2) is 4.79 Å². The molecule has 0 unspecified atom stereocenters. The van der Waals surface area contributed by atoms with Crippen molar-refractivity contribution in [2.45, 2.75) is 24.9 Å². The van der Waals surface area contributed by atoms with Crippen molar-refractivity contribution >= 4 is 17.8 Å². The fraction of sp³-hybridized carbons (Fsp3) is 0.286. The number of hydrogen-bond acceptors (Lipinski definition) is 5. The summed E-state index contributed by atoms with van der Waals surface area (Å²) in [5, 5.41) is 5.31. The normalized spacial score (nSPS) is 12.5. The third-order valence-electron chi connectivity index (χ3n) is 4.20. The van der Waals surface area contributed by atoms with Gasteiger partial charge < -0.3 is 21.1 Å². The molecule has 0 saturated carbocycles. The molecule has 0 aliphatic rings. The molecule has 2 aromatic carbocycles. The Bertz CT molecular complexity index is 781. The highest BCUT2D eigenvalue weighted by Gasteiger charge is 2.27. The van der Waals surface area contributed by atoms with Crippen molar-refractivity contribution in [2.24, 2.45) is 5.73 Å². The number of hydrogen-bond donors (Lipinski definition) is 3. The molecule has 0 fully saturated rings. The molecule has 0 spiro atoms. The first-order valence-electron chi connectivity index (χ1n) is 8.99. The maximum Gasteiger partial charge on any atom is 0.328 e. The summed E-state index contributed by atoms with van der Waals surface area (Å²) in [5.41, 5.74) is 7.12. The van der Waals surface area contributed by atoms with Crippen molar-refractivity contribution in [3.05, 3.63) is 71.8 Å². The van der Waals surface area contributed by atoms with E-state index < -0.39 is 29.9 Å². The molecule has 0 bridgehead atoms. The van der Waals surface area contributed by atoms with E-state index in [0.717, 1.165) is 11.1 Å². The molecule has 7 heteroatoms. The fourth-order valence-electron chi connectivity index (χ4n) is 2.77. The van der Waals surface area contributed by atoms with Gasteiger partial charge in [0.1, 0.15) is 12.1 Å². The first-order chi connectivity index (χ1) is 13.5. The summed E-state index contributed by atoms with van der Waals surface area (Å²) in [6.45, 7) is -0.233. The third kappa shape index (κ3) is 6.51. The zero-order valence-corrected chi connectivity index (χ0v) is 15.8. The summed E-state index contributed by atoms with van der Waals surface area (Å²) in [4.78, 5) is 36.8. The first kappa shape index (κ1) is 21.1. The monoisotopic (exact) mass is 383 g/mol. The Morgan fingerprint density at radius 1 is 0.857 bits per heavy atom. The summed E-state index contributed by atoms with van der Waals surface area (Å²) in [6.07, 6.45) is 0.555. The van der Waals surface area contributed by atoms with Crippen molar-refractivity contribution < 1.29 is 19.1 Å². The van der Waals surface area contributed by atoms with E-state index in [-0.39, 0.29) is 19.4 Å². The van der Waals surface area contributed by atoms with Crippen molar-refractivity contribution in [3.8, 4) is 0 Å². The number of nitrogens with two attached hydrogens (primary N) is 1. The predicted molar refractivity (Wildman–Crippen MR) is 105 cm³/mol. The zero-order chi connectivity index (χ0) is 20.4. The van der Waals surface area contributed by atoms with Crippen LogP contribution in [0.3, 0.4) is 0 Å². The first-order valence-corrected chi connectivity index (χ1v) is 8.99. The van der Waals surface area contributed by atoms with Gasteiger partial charge in [-0.1, -0.05) is 60.7 Å². The van der Waals surface area contributed by atoms with Gasteiger partial charge in [-0.05, 0) is 11.1 Å². The maximum absolute atomic E-state index is 12.8. The molecule has 0 radical (unpaired) electrons. The number of carbonyl (C=O) groups excluding carboxylic acids is 3. The Morgan fingerprint density at radius 3 is 1.82 bits per heavy atom. The number of ether oxygens (including phenoxy) is 1. The minimum Gasteiger partial charge on any atom is -0.467 e. The molecule has 0 aromatic heterocycles. The van der Waals surface area contributed by atoms with E-state index >= 15 is 0 Å². The predicted octanol–water partition coefficient (Wildman–Crippen LogP) is 0.573. The topological polar surface area (TPSA) is 111 Å². The Hall–Kier alpha value is -3.19. The number of benzene rings is 2. The maximum atomic E-state index is 12.8. The van der Waals surface area contributed by atoms with Gasteiger partial charge in [0.05, 0.1) is 13.7 Å². The van der Waals surface area contributed by atoms with Crippen LogP contribution < -0.4 is 16.4 Å². The number of rotatable bonds is 9. The molecular weight excluding hydrogens is 358 g/mol. The largest absolute Gasteiger partial charge is 0.467 e. The lowest BCUT2D eigenvalue weighted by molar-refractivity contribution is -0.145. The highest BCUT2D eigenvalue weighted by molar-refractivity contribution is 5.91. The SMILES string of the molecule is COC(=O)[C@H](Cc1ccccc1)NC(=O)[C@H](Cc1ccccc1)NC(=O)CN. The van der Waals surface area contributed by atoms with E-state index in [2.05, 4.69) is 10.6 Å². The van der Waals surface area contributed by atoms with Crippen LogP contribution in [0.15, 0.2) is 60.7 Å². The molecule has 7 nitrogen and oxygen atoms in total. The van der Waals surface area contributed by atoms with Gasteiger partial charge in [0.2, 0.25) is 11.8 Å². The number of esters is 1. The van der Waals surface area contributed by atoms with Crippen molar-refractivity contribution in [1.29, 1.82) is 0 Å². The van der Waals surface area contributed by atoms with Crippen molar-refractivity contribution in [3.63, 3.8) is 0 Å². The van der Waals surface area contributed by atoms with Crippen LogP contribution in [0.1, 0.15) is 11.1 Å². The lowest BCUT2D eigenvalue weighted by atomic mass is 10.0. The van der Waals surface area contributed by atoms with E-state index in [4.69, 9.17) is 10.5 Å². The van der Waals surface area contributed by atoms with Crippen LogP contribution in [0.4, 0.5) is 0 Å². The smallest absolute Gasteiger partial charge is 0.328 e. The second-order valence-electron chi connectivity index (χ2n) is 6.29. The van der Waals surface area contributed by atoms with Gasteiger partial charge in [-0.2, -0.15) is 0 Å². The lowest BCUT2D eigenvalue weighted by Crippen LogP contribution is -2.54. The van der Waals surface area contributed by atoms with E-state index in [1.165, 1.54) is 7.11 Å². The van der Waals surface area contributed by atoms with Crippen LogP contribution in [0, 0.1) is 0 Å². The molecule has 148 valence electrons. The molecule has 2 atom stereocenters. The van der Waals surface area contributed by atoms with Gasteiger partial charge in [0.15, 0.2) is 0 Å². The molecule has 28 heavy (non-hydrogen) atoms. The number of amides is 2. The molecule has 0 aliphatic carbocycles. The second-order valence-corrected chi connectivity index (χ2v) is 6.29. The Kier molecular flexibility index (Phi) is 8.17. The van der Waals surface area contributed by atoms with Crippen LogP contribution in [-0.4, -0.2) is 43.5 Å². The van der Waals surface area contributed by atoms with Gasteiger partial charge in [0.25, 0.3) is 0 Å². The number of methoxy groups -OCH3 is 1. The number of carbonyl (C=O) groups is 3. The van der Waals surface area contributed by atoms with Crippen LogP contribution in [0.25, 0.3) is 0 Å². The lowest BCUT2D eigenvalue weighted by Gasteiger charge is -2.22. The van der Waals surface area contributed by atoms with Gasteiger partial charge in [-0.15, -0.1) is 0 Å². The fourth-order valence-corrected chi connectivity index (χ4v) is 2.77. The zero-order valence-electron chi connectivity index (χ0n) is 15.8. The molecule has 2 aromatic rings.